The summed E-state index contributed by atoms with van der Waals surface area (Å²) in [6.45, 7) is 11.5. The summed E-state index contributed by atoms with van der Waals surface area (Å²) in [5.74, 6) is -0.0318. The number of amides is 2. The molecule has 2 aromatic rings. The first-order valence-electron chi connectivity index (χ1n) is 9.73. The molecule has 0 bridgehead atoms. The molecular formula is C20H30N6O4. The van der Waals surface area contributed by atoms with Crippen LogP contribution < -0.4 is 10.6 Å². The molecule has 2 heterocycles. The monoisotopic (exact) mass is 418 g/mol. The lowest BCUT2D eigenvalue weighted by Crippen LogP contribution is -2.47. The number of ether oxygens (including phenoxy) is 2. The molecule has 0 aliphatic heterocycles. The van der Waals surface area contributed by atoms with E-state index >= 15 is 0 Å². The standard InChI is InChI=1S/C20H30N6O4/c1-19(2,3)29-17(27)24-16(25-18(28)30-20(4,5)6)22-11-8-12-26-13-23-15-14(26)9-7-10-21-15/h7,9-10,13H,8,11-12H2,1-6H3,(H2,22,24,25,27,28). The van der Waals surface area contributed by atoms with Gasteiger partial charge in [0.2, 0.25) is 5.96 Å². The Morgan fingerprint density at radius 2 is 1.63 bits per heavy atom. The van der Waals surface area contributed by atoms with Crippen molar-refractivity contribution in [2.24, 2.45) is 4.99 Å². The summed E-state index contributed by atoms with van der Waals surface area (Å²) in [4.78, 5) is 36.9. The van der Waals surface area contributed by atoms with E-state index in [2.05, 4.69) is 25.6 Å². The van der Waals surface area contributed by atoms with Crippen LogP contribution in [0.3, 0.4) is 0 Å². The molecule has 0 unspecified atom stereocenters. The summed E-state index contributed by atoms with van der Waals surface area (Å²) in [6, 6.07) is 3.80. The molecule has 0 fully saturated rings. The molecule has 0 atom stereocenters. The van der Waals surface area contributed by atoms with Crippen LogP contribution in [0.25, 0.3) is 11.2 Å². The number of rotatable bonds is 4. The first-order chi connectivity index (χ1) is 13.9. The normalized spacial score (nSPS) is 11.7. The predicted molar refractivity (Wildman–Crippen MR) is 113 cm³/mol. The Labute approximate surface area is 176 Å². The van der Waals surface area contributed by atoms with Gasteiger partial charge in [0, 0.05) is 19.3 Å². The van der Waals surface area contributed by atoms with Gasteiger partial charge < -0.3 is 14.0 Å². The number of carbonyl (C=O) groups is 2. The maximum absolute atomic E-state index is 12.1. The predicted octanol–water partition coefficient (Wildman–Crippen LogP) is 3.23. The number of hydrogen-bond donors (Lipinski definition) is 2. The molecule has 30 heavy (non-hydrogen) atoms. The Bertz CT molecular complexity index is 876. The van der Waals surface area contributed by atoms with Crippen molar-refractivity contribution in [1.82, 2.24) is 25.2 Å². The zero-order chi connectivity index (χ0) is 22.4. The number of aliphatic imine (C=N–C) groups is 1. The van der Waals surface area contributed by atoms with E-state index in [9.17, 15) is 9.59 Å². The molecule has 2 N–H and O–H groups in total. The van der Waals surface area contributed by atoms with E-state index in [0.29, 0.717) is 25.2 Å². The number of aromatic nitrogens is 3. The first-order valence-corrected chi connectivity index (χ1v) is 9.73. The number of nitrogens with zero attached hydrogens (tertiary/aromatic N) is 4. The van der Waals surface area contributed by atoms with Crippen LogP contribution in [0.2, 0.25) is 0 Å². The number of fused-ring (bicyclic) bond motifs is 1. The van der Waals surface area contributed by atoms with Crippen molar-refractivity contribution >= 4 is 29.3 Å². The van der Waals surface area contributed by atoms with Crippen molar-refractivity contribution < 1.29 is 19.1 Å². The molecule has 0 saturated carbocycles. The highest BCUT2D eigenvalue weighted by Gasteiger charge is 2.21. The van der Waals surface area contributed by atoms with Crippen molar-refractivity contribution in [1.29, 1.82) is 0 Å². The summed E-state index contributed by atoms with van der Waals surface area (Å²) in [5, 5.41) is 4.92. The van der Waals surface area contributed by atoms with E-state index in [4.69, 9.17) is 9.47 Å². The summed E-state index contributed by atoms with van der Waals surface area (Å²) in [5.41, 5.74) is 0.246. The molecule has 0 radical (unpaired) electrons. The fourth-order valence-corrected chi connectivity index (χ4v) is 2.42. The van der Waals surface area contributed by atoms with Crippen molar-refractivity contribution in [3.8, 4) is 0 Å². The molecule has 0 spiro atoms. The highest BCUT2D eigenvalue weighted by molar-refractivity contribution is 6.01. The third kappa shape index (κ3) is 8.06. The molecule has 2 rings (SSSR count). The molecule has 10 nitrogen and oxygen atoms in total. The average Bonchev–Trinajstić information content (AvgIpc) is 2.98. The van der Waals surface area contributed by atoms with Gasteiger partial charge in [-0.05, 0) is 60.1 Å². The lowest BCUT2D eigenvalue weighted by atomic mass is 10.2. The Hall–Kier alpha value is -3.17. The minimum Gasteiger partial charge on any atom is -0.444 e. The minimum absolute atomic E-state index is 0.0318. The van der Waals surface area contributed by atoms with Gasteiger partial charge in [-0.25, -0.2) is 19.6 Å². The van der Waals surface area contributed by atoms with Crippen LogP contribution in [-0.4, -0.2) is 50.4 Å². The Kier molecular flexibility index (Phi) is 7.36. The first kappa shape index (κ1) is 23.1. The quantitative estimate of drug-likeness (QED) is 0.447. The molecule has 2 amide bonds. The second kappa shape index (κ2) is 9.55. The molecule has 0 aliphatic carbocycles. The number of imidazole rings is 1. The number of pyridine rings is 1. The van der Waals surface area contributed by atoms with Gasteiger partial charge in [-0.1, -0.05) is 0 Å². The average molecular weight is 418 g/mol. The van der Waals surface area contributed by atoms with E-state index in [-0.39, 0.29) is 5.96 Å². The second-order valence-corrected chi connectivity index (χ2v) is 8.62. The Balaban J connectivity index is 1.99. The fraction of sp³-hybridized carbons (Fsp3) is 0.550. The van der Waals surface area contributed by atoms with Crippen LogP contribution in [0.5, 0.6) is 0 Å². The van der Waals surface area contributed by atoms with Crippen LogP contribution in [0.1, 0.15) is 48.0 Å². The van der Waals surface area contributed by atoms with Crippen LogP contribution >= 0.6 is 0 Å². The largest absolute Gasteiger partial charge is 0.444 e. The smallest absolute Gasteiger partial charge is 0.414 e. The second-order valence-electron chi connectivity index (χ2n) is 8.62. The van der Waals surface area contributed by atoms with Crippen LogP contribution in [0, 0.1) is 0 Å². The van der Waals surface area contributed by atoms with E-state index in [1.165, 1.54) is 0 Å². The van der Waals surface area contributed by atoms with Gasteiger partial charge >= 0.3 is 12.2 Å². The lowest BCUT2D eigenvalue weighted by Gasteiger charge is -2.22. The van der Waals surface area contributed by atoms with Crippen LogP contribution in [0.4, 0.5) is 9.59 Å². The van der Waals surface area contributed by atoms with E-state index in [0.717, 1.165) is 5.52 Å². The number of aryl methyl sites for hydroxylation is 1. The summed E-state index contributed by atoms with van der Waals surface area (Å²) < 4.78 is 12.4. The maximum atomic E-state index is 12.1. The molecule has 164 valence electrons. The summed E-state index contributed by atoms with van der Waals surface area (Å²) >= 11 is 0. The van der Waals surface area contributed by atoms with Gasteiger partial charge in [0.15, 0.2) is 5.65 Å². The van der Waals surface area contributed by atoms with Crippen LogP contribution in [-0.2, 0) is 16.0 Å². The van der Waals surface area contributed by atoms with Gasteiger partial charge in [-0.15, -0.1) is 0 Å². The van der Waals surface area contributed by atoms with E-state index < -0.39 is 23.4 Å². The van der Waals surface area contributed by atoms with Gasteiger partial charge in [-0.2, -0.15) is 0 Å². The van der Waals surface area contributed by atoms with Gasteiger partial charge in [0.1, 0.15) is 11.2 Å². The number of hydrogen-bond acceptors (Lipinski definition) is 7. The maximum Gasteiger partial charge on any atom is 0.414 e. The topological polar surface area (TPSA) is 120 Å². The minimum atomic E-state index is -0.719. The van der Waals surface area contributed by atoms with Crippen molar-refractivity contribution in [3.05, 3.63) is 24.7 Å². The SMILES string of the molecule is CC(C)(C)OC(=O)NC(=NCCCn1cnc2ncccc21)NC(=O)OC(C)(C)C. The Morgan fingerprint density at radius 3 is 2.20 bits per heavy atom. The van der Waals surface area contributed by atoms with Crippen molar-refractivity contribution in [2.45, 2.75) is 65.7 Å². The van der Waals surface area contributed by atoms with Gasteiger partial charge in [-0.3, -0.25) is 15.6 Å². The number of guanidine groups is 1. The highest BCUT2D eigenvalue weighted by Crippen LogP contribution is 2.10. The summed E-state index contributed by atoms with van der Waals surface area (Å²) in [7, 11) is 0. The lowest BCUT2D eigenvalue weighted by molar-refractivity contribution is 0.0545. The van der Waals surface area contributed by atoms with E-state index in [1.807, 2.05) is 16.7 Å². The van der Waals surface area contributed by atoms with Crippen molar-refractivity contribution in [2.75, 3.05) is 6.54 Å². The zero-order valence-electron chi connectivity index (χ0n) is 18.4. The molecular weight excluding hydrogens is 388 g/mol. The van der Waals surface area contributed by atoms with Crippen LogP contribution in [0.15, 0.2) is 29.6 Å². The fourth-order valence-electron chi connectivity index (χ4n) is 2.42. The third-order valence-electron chi connectivity index (χ3n) is 3.46. The molecule has 2 aromatic heterocycles. The highest BCUT2D eigenvalue weighted by atomic mass is 16.6. The molecule has 0 aliphatic rings. The summed E-state index contributed by atoms with van der Waals surface area (Å²) in [6.07, 6.45) is 2.63. The molecule has 10 heteroatoms. The van der Waals surface area contributed by atoms with Gasteiger partial charge in [0.05, 0.1) is 11.8 Å². The number of nitrogens with one attached hydrogen (secondary N) is 2. The number of alkyl carbamates (subject to hydrolysis) is 2. The zero-order valence-corrected chi connectivity index (χ0v) is 18.4. The van der Waals surface area contributed by atoms with Crippen molar-refractivity contribution in [3.63, 3.8) is 0 Å². The van der Waals surface area contributed by atoms with Gasteiger partial charge in [0.25, 0.3) is 0 Å². The molecule has 0 aromatic carbocycles. The molecule has 0 saturated heterocycles. The third-order valence-corrected chi connectivity index (χ3v) is 3.46. The Morgan fingerprint density at radius 1 is 1.03 bits per heavy atom. The number of carbonyl (C=O) groups excluding carboxylic acids is 2. The van der Waals surface area contributed by atoms with E-state index in [1.54, 1.807) is 54.1 Å².